The summed E-state index contributed by atoms with van der Waals surface area (Å²) in [5.74, 6) is 0.406. The van der Waals surface area contributed by atoms with Crippen LogP contribution in [0.25, 0.3) is 5.69 Å². The van der Waals surface area contributed by atoms with Gasteiger partial charge in [-0.2, -0.15) is 0 Å². The molecule has 1 aromatic carbocycles. The van der Waals surface area contributed by atoms with E-state index in [1.54, 1.807) is 13.8 Å². The number of nitrogens with one attached hydrogen (secondary N) is 2. The van der Waals surface area contributed by atoms with Gasteiger partial charge in [-0.25, -0.2) is 4.79 Å². The predicted molar refractivity (Wildman–Crippen MR) is 129 cm³/mol. The molecule has 0 saturated heterocycles. The highest BCUT2D eigenvalue weighted by atomic mass is 32.2. The van der Waals surface area contributed by atoms with Gasteiger partial charge in [0.1, 0.15) is 5.82 Å². The molecule has 9 nitrogen and oxygen atoms in total. The molecule has 3 aromatic rings. The standard InChI is InChI=1S/C24H27N5O4S/c1-12-19(23(32)33-5)13(2)25-20(12)21(31)14(3)34-24-28-27-22(16-9-10-16)29(24)18-8-6-7-17(11-18)26-15(4)30/h6-8,11,14,16,25H,9-10H2,1-5H3,(H,26,30)/t14-/m1/s1. The molecule has 1 saturated carbocycles. The second-order valence-electron chi connectivity index (χ2n) is 8.42. The van der Waals surface area contributed by atoms with Crippen LogP contribution in [0.1, 0.15) is 70.5 Å². The summed E-state index contributed by atoms with van der Waals surface area (Å²) in [6, 6.07) is 7.48. The quantitative estimate of drug-likeness (QED) is 0.281. The molecule has 1 fully saturated rings. The Morgan fingerprint density at radius 3 is 2.62 bits per heavy atom. The van der Waals surface area contributed by atoms with Crippen LogP contribution in [0.3, 0.4) is 0 Å². The van der Waals surface area contributed by atoms with Crippen LogP contribution in [-0.2, 0) is 9.53 Å². The molecule has 2 aromatic heterocycles. The third-order valence-electron chi connectivity index (χ3n) is 5.75. The van der Waals surface area contributed by atoms with E-state index < -0.39 is 11.2 Å². The van der Waals surface area contributed by atoms with Crippen molar-refractivity contribution in [3.05, 3.63) is 52.6 Å². The second-order valence-corrected chi connectivity index (χ2v) is 9.73. The Kier molecular flexibility index (Phi) is 6.60. The summed E-state index contributed by atoms with van der Waals surface area (Å²) in [7, 11) is 1.32. The van der Waals surface area contributed by atoms with Crippen LogP contribution in [0.15, 0.2) is 29.4 Å². The summed E-state index contributed by atoms with van der Waals surface area (Å²) >= 11 is 1.31. The smallest absolute Gasteiger partial charge is 0.339 e. The van der Waals surface area contributed by atoms with Crippen LogP contribution >= 0.6 is 11.8 Å². The summed E-state index contributed by atoms with van der Waals surface area (Å²) in [5, 5.41) is 11.7. The molecule has 1 aliphatic rings. The summed E-state index contributed by atoms with van der Waals surface area (Å²) in [5.41, 5.74) is 3.44. The molecule has 0 aliphatic heterocycles. The largest absolute Gasteiger partial charge is 0.465 e. The van der Waals surface area contributed by atoms with Crippen LogP contribution in [0.5, 0.6) is 0 Å². The summed E-state index contributed by atoms with van der Waals surface area (Å²) < 4.78 is 6.82. The van der Waals surface area contributed by atoms with E-state index in [0.717, 1.165) is 24.4 Å². The highest BCUT2D eigenvalue weighted by Gasteiger charge is 2.33. The maximum atomic E-state index is 13.3. The van der Waals surface area contributed by atoms with Crippen LogP contribution in [-0.4, -0.2) is 49.8 Å². The number of benzene rings is 1. The Morgan fingerprint density at radius 2 is 1.97 bits per heavy atom. The van der Waals surface area contributed by atoms with Crippen molar-refractivity contribution in [2.75, 3.05) is 12.4 Å². The molecule has 0 unspecified atom stereocenters. The van der Waals surface area contributed by atoms with E-state index in [2.05, 4.69) is 20.5 Å². The van der Waals surface area contributed by atoms with Gasteiger partial charge in [0.05, 0.1) is 29.3 Å². The maximum absolute atomic E-state index is 13.3. The number of rotatable bonds is 8. The SMILES string of the molecule is COC(=O)c1c(C)[nH]c(C(=O)[C@@H](C)Sc2nnc(C3CC3)n2-c2cccc(NC(C)=O)c2)c1C. The number of hydrogen-bond acceptors (Lipinski definition) is 7. The van der Waals surface area contributed by atoms with Crippen molar-refractivity contribution in [1.82, 2.24) is 19.7 Å². The number of aromatic nitrogens is 4. The number of hydrogen-bond donors (Lipinski definition) is 2. The molecule has 178 valence electrons. The van der Waals surface area contributed by atoms with E-state index >= 15 is 0 Å². The molecule has 1 amide bonds. The van der Waals surface area contributed by atoms with Crippen molar-refractivity contribution in [3.8, 4) is 5.69 Å². The van der Waals surface area contributed by atoms with Gasteiger partial charge in [0.25, 0.3) is 0 Å². The number of aryl methyl sites for hydroxylation is 1. The summed E-state index contributed by atoms with van der Waals surface area (Å²) in [6.07, 6.45) is 2.08. The molecule has 0 radical (unpaired) electrons. The number of Topliss-reactive ketones (excluding diaryl/α,β-unsaturated/α-hetero) is 1. The van der Waals surface area contributed by atoms with E-state index in [-0.39, 0.29) is 11.7 Å². The van der Waals surface area contributed by atoms with Gasteiger partial charge in [-0.15, -0.1) is 10.2 Å². The fourth-order valence-electron chi connectivity index (χ4n) is 3.95. The molecule has 4 rings (SSSR count). The lowest BCUT2D eigenvalue weighted by Gasteiger charge is -2.14. The lowest BCUT2D eigenvalue weighted by Crippen LogP contribution is -2.16. The fraction of sp³-hybridized carbons (Fsp3) is 0.375. The number of H-pyrrole nitrogens is 1. The first-order valence-electron chi connectivity index (χ1n) is 11.0. The van der Waals surface area contributed by atoms with Crippen LogP contribution in [0.2, 0.25) is 0 Å². The van der Waals surface area contributed by atoms with Gasteiger partial charge in [0.15, 0.2) is 10.9 Å². The van der Waals surface area contributed by atoms with Crippen LogP contribution in [0, 0.1) is 13.8 Å². The summed E-state index contributed by atoms with van der Waals surface area (Å²) in [4.78, 5) is 40.0. The number of ether oxygens (including phenoxy) is 1. The van der Waals surface area contributed by atoms with Crippen molar-refractivity contribution in [2.45, 2.75) is 56.9 Å². The third-order valence-corrected chi connectivity index (χ3v) is 6.79. The number of methoxy groups -OCH3 is 1. The van der Waals surface area contributed by atoms with E-state index in [1.165, 1.54) is 25.8 Å². The van der Waals surface area contributed by atoms with E-state index in [0.29, 0.717) is 39.3 Å². The normalized spacial score (nSPS) is 14.0. The fourth-order valence-corrected chi connectivity index (χ4v) is 4.89. The molecule has 2 N–H and O–H groups in total. The number of esters is 1. The van der Waals surface area contributed by atoms with Crippen molar-refractivity contribution in [2.24, 2.45) is 0 Å². The molecule has 2 heterocycles. The Balaban J connectivity index is 1.65. The van der Waals surface area contributed by atoms with Crippen molar-refractivity contribution in [1.29, 1.82) is 0 Å². The topological polar surface area (TPSA) is 119 Å². The monoisotopic (exact) mass is 481 g/mol. The van der Waals surface area contributed by atoms with Crippen molar-refractivity contribution < 1.29 is 19.1 Å². The first-order valence-corrected chi connectivity index (χ1v) is 11.9. The van der Waals surface area contributed by atoms with E-state index in [9.17, 15) is 14.4 Å². The van der Waals surface area contributed by atoms with E-state index in [4.69, 9.17) is 4.74 Å². The van der Waals surface area contributed by atoms with Gasteiger partial charge >= 0.3 is 5.97 Å². The molecule has 0 spiro atoms. The average molecular weight is 482 g/mol. The molecule has 34 heavy (non-hydrogen) atoms. The van der Waals surface area contributed by atoms with Gasteiger partial charge in [-0.05, 0) is 57.4 Å². The number of nitrogens with zero attached hydrogens (tertiary/aromatic N) is 3. The average Bonchev–Trinajstić information content (AvgIpc) is 3.49. The number of thioether (sulfide) groups is 1. The zero-order valence-corrected chi connectivity index (χ0v) is 20.6. The molecule has 1 aliphatic carbocycles. The Bertz CT molecular complexity index is 1270. The number of carbonyl (C=O) groups is 3. The maximum Gasteiger partial charge on any atom is 0.339 e. The molecular formula is C24H27N5O4S. The number of ketones is 1. The highest BCUT2D eigenvalue weighted by molar-refractivity contribution is 8.00. The highest BCUT2D eigenvalue weighted by Crippen LogP contribution is 2.42. The molecule has 10 heteroatoms. The van der Waals surface area contributed by atoms with E-state index in [1.807, 2.05) is 35.8 Å². The first-order chi connectivity index (χ1) is 16.2. The first kappa shape index (κ1) is 23.7. The molecule has 1 atom stereocenters. The zero-order chi connectivity index (χ0) is 24.6. The third kappa shape index (κ3) is 4.63. The van der Waals surface area contributed by atoms with Crippen molar-refractivity contribution >= 4 is 35.1 Å². The van der Waals surface area contributed by atoms with Crippen LogP contribution in [0.4, 0.5) is 5.69 Å². The Morgan fingerprint density at radius 1 is 1.24 bits per heavy atom. The minimum absolute atomic E-state index is 0.143. The van der Waals surface area contributed by atoms with Gasteiger partial charge in [0, 0.05) is 24.2 Å². The zero-order valence-electron chi connectivity index (χ0n) is 19.8. The molecular weight excluding hydrogens is 454 g/mol. The molecule has 0 bridgehead atoms. The van der Waals surface area contributed by atoms with Gasteiger partial charge in [-0.1, -0.05) is 17.8 Å². The lowest BCUT2D eigenvalue weighted by molar-refractivity contribution is -0.114. The van der Waals surface area contributed by atoms with Crippen molar-refractivity contribution in [3.63, 3.8) is 0 Å². The minimum Gasteiger partial charge on any atom is -0.465 e. The van der Waals surface area contributed by atoms with Gasteiger partial charge in [0.2, 0.25) is 5.91 Å². The lowest BCUT2D eigenvalue weighted by atomic mass is 10.1. The minimum atomic E-state index is -0.490. The number of amides is 1. The summed E-state index contributed by atoms with van der Waals surface area (Å²) in [6.45, 7) is 6.76. The number of anilines is 1. The second kappa shape index (κ2) is 9.46. The predicted octanol–water partition coefficient (Wildman–Crippen LogP) is 4.20. The van der Waals surface area contributed by atoms with Gasteiger partial charge < -0.3 is 15.0 Å². The van der Waals surface area contributed by atoms with Crippen LogP contribution < -0.4 is 5.32 Å². The Hall–Kier alpha value is -3.40. The Labute approximate surface area is 201 Å². The number of aromatic amines is 1. The number of carbonyl (C=O) groups excluding carboxylic acids is 3. The van der Waals surface area contributed by atoms with Gasteiger partial charge in [-0.3, -0.25) is 14.2 Å².